The number of carbonyl (C=O) groups excluding carboxylic acids is 1. The Kier molecular flexibility index (Phi) is 2.71. The first kappa shape index (κ1) is 10.1. The lowest BCUT2D eigenvalue weighted by molar-refractivity contribution is 0.0935. The summed E-state index contributed by atoms with van der Waals surface area (Å²) in [5.41, 5.74) is 0.391. The van der Waals surface area contributed by atoms with Gasteiger partial charge >= 0.3 is 0 Å². The fraction of sp³-hybridized carbons (Fsp3) is 0.417. The van der Waals surface area contributed by atoms with Crippen LogP contribution in [0.5, 0.6) is 0 Å². The van der Waals surface area contributed by atoms with Crippen LogP contribution in [0.1, 0.15) is 30.1 Å². The van der Waals surface area contributed by atoms with Gasteiger partial charge in [0.1, 0.15) is 5.82 Å². The van der Waals surface area contributed by atoms with Crippen molar-refractivity contribution < 1.29 is 9.18 Å². The molecule has 1 fully saturated rings. The van der Waals surface area contributed by atoms with Crippen molar-refractivity contribution >= 4 is 5.91 Å². The summed E-state index contributed by atoms with van der Waals surface area (Å²) >= 11 is 0. The van der Waals surface area contributed by atoms with E-state index in [1.807, 2.05) is 6.92 Å². The number of hydrogen-bond donors (Lipinski definition) is 1. The molecule has 1 aromatic carbocycles. The van der Waals surface area contributed by atoms with Gasteiger partial charge in [0.25, 0.3) is 5.91 Å². The summed E-state index contributed by atoms with van der Waals surface area (Å²) < 4.78 is 12.9. The Balaban J connectivity index is 2.00. The van der Waals surface area contributed by atoms with E-state index in [4.69, 9.17) is 0 Å². The molecule has 2 rings (SSSR count). The number of benzene rings is 1. The van der Waals surface area contributed by atoms with E-state index in [0.29, 0.717) is 11.5 Å². The molecule has 0 spiro atoms. The Morgan fingerprint density at radius 1 is 1.53 bits per heavy atom. The molecule has 15 heavy (non-hydrogen) atoms. The van der Waals surface area contributed by atoms with Gasteiger partial charge in [-0.25, -0.2) is 4.39 Å². The molecule has 0 bridgehead atoms. The SMILES string of the molecule is C[C@@H](NC(=O)c1cccc(F)c1)C1CC1. The molecule has 0 aromatic heterocycles. The van der Waals surface area contributed by atoms with Gasteiger partial charge in [-0.3, -0.25) is 4.79 Å². The van der Waals surface area contributed by atoms with Crippen molar-refractivity contribution in [2.75, 3.05) is 0 Å². The van der Waals surface area contributed by atoms with Crippen molar-refractivity contribution in [3.05, 3.63) is 35.6 Å². The van der Waals surface area contributed by atoms with Crippen molar-refractivity contribution in [1.29, 1.82) is 0 Å². The van der Waals surface area contributed by atoms with E-state index >= 15 is 0 Å². The number of amides is 1. The highest BCUT2D eigenvalue weighted by molar-refractivity contribution is 5.94. The largest absolute Gasteiger partial charge is 0.349 e. The molecule has 0 heterocycles. The lowest BCUT2D eigenvalue weighted by atomic mass is 10.1. The molecule has 1 saturated carbocycles. The highest BCUT2D eigenvalue weighted by Crippen LogP contribution is 2.32. The molecule has 0 radical (unpaired) electrons. The van der Waals surface area contributed by atoms with E-state index in [2.05, 4.69) is 5.32 Å². The Bertz CT molecular complexity index is 374. The normalized spacial score (nSPS) is 17.2. The minimum Gasteiger partial charge on any atom is -0.349 e. The van der Waals surface area contributed by atoms with Crippen molar-refractivity contribution in [3.8, 4) is 0 Å². The molecule has 1 atom stereocenters. The van der Waals surface area contributed by atoms with Crippen LogP contribution >= 0.6 is 0 Å². The van der Waals surface area contributed by atoms with Crippen molar-refractivity contribution in [1.82, 2.24) is 5.32 Å². The molecule has 3 heteroatoms. The number of halogens is 1. The minimum atomic E-state index is -0.373. The van der Waals surface area contributed by atoms with E-state index in [0.717, 1.165) is 0 Å². The average Bonchev–Trinajstić information content (AvgIpc) is 3.00. The zero-order valence-electron chi connectivity index (χ0n) is 8.66. The van der Waals surface area contributed by atoms with Crippen LogP contribution in [-0.4, -0.2) is 11.9 Å². The first-order chi connectivity index (χ1) is 7.16. The monoisotopic (exact) mass is 207 g/mol. The van der Waals surface area contributed by atoms with Crippen LogP contribution in [-0.2, 0) is 0 Å². The number of rotatable bonds is 3. The van der Waals surface area contributed by atoms with E-state index in [9.17, 15) is 9.18 Å². The molecule has 1 aromatic rings. The van der Waals surface area contributed by atoms with Crippen LogP contribution in [0.3, 0.4) is 0 Å². The molecular weight excluding hydrogens is 193 g/mol. The van der Waals surface area contributed by atoms with Crippen LogP contribution in [0.25, 0.3) is 0 Å². The van der Waals surface area contributed by atoms with Crippen LogP contribution < -0.4 is 5.32 Å². The number of hydrogen-bond acceptors (Lipinski definition) is 1. The van der Waals surface area contributed by atoms with Gasteiger partial charge in [-0.2, -0.15) is 0 Å². The van der Waals surface area contributed by atoms with Crippen molar-refractivity contribution in [3.63, 3.8) is 0 Å². The molecule has 0 unspecified atom stereocenters. The smallest absolute Gasteiger partial charge is 0.251 e. The molecule has 1 aliphatic rings. The first-order valence-electron chi connectivity index (χ1n) is 5.23. The van der Waals surface area contributed by atoms with Crippen LogP contribution in [0.2, 0.25) is 0 Å². The van der Waals surface area contributed by atoms with Crippen LogP contribution in [0.4, 0.5) is 4.39 Å². The van der Waals surface area contributed by atoms with E-state index in [-0.39, 0.29) is 17.8 Å². The second-order valence-corrected chi connectivity index (χ2v) is 4.11. The van der Waals surface area contributed by atoms with E-state index < -0.39 is 0 Å². The maximum absolute atomic E-state index is 12.9. The second-order valence-electron chi connectivity index (χ2n) is 4.11. The highest BCUT2D eigenvalue weighted by atomic mass is 19.1. The summed E-state index contributed by atoms with van der Waals surface area (Å²) in [5, 5.41) is 2.88. The van der Waals surface area contributed by atoms with Crippen molar-refractivity contribution in [2.45, 2.75) is 25.8 Å². The Hall–Kier alpha value is -1.38. The summed E-state index contributed by atoms with van der Waals surface area (Å²) in [7, 11) is 0. The third kappa shape index (κ3) is 2.55. The fourth-order valence-corrected chi connectivity index (χ4v) is 1.63. The van der Waals surface area contributed by atoms with E-state index in [1.165, 1.54) is 25.0 Å². The van der Waals surface area contributed by atoms with Gasteiger partial charge in [0.15, 0.2) is 0 Å². The molecule has 0 saturated heterocycles. The molecule has 80 valence electrons. The predicted octanol–water partition coefficient (Wildman–Crippen LogP) is 2.35. The lowest BCUT2D eigenvalue weighted by Crippen LogP contribution is -2.33. The highest BCUT2D eigenvalue weighted by Gasteiger charge is 2.29. The Morgan fingerprint density at radius 2 is 2.27 bits per heavy atom. The van der Waals surface area contributed by atoms with Gasteiger partial charge in [0, 0.05) is 11.6 Å². The molecule has 1 amide bonds. The first-order valence-corrected chi connectivity index (χ1v) is 5.23. The third-order valence-corrected chi connectivity index (χ3v) is 2.77. The average molecular weight is 207 g/mol. The summed E-state index contributed by atoms with van der Waals surface area (Å²) in [6, 6.07) is 5.96. The lowest BCUT2D eigenvalue weighted by Gasteiger charge is -2.12. The van der Waals surface area contributed by atoms with Crippen LogP contribution in [0.15, 0.2) is 24.3 Å². The maximum atomic E-state index is 12.9. The second kappa shape index (κ2) is 4.01. The summed E-state index contributed by atoms with van der Waals surface area (Å²) in [4.78, 5) is 11.7. The van der Waals surface area contributed by atoms with E-state index in [1.54, 1.807) is 12.1 Å². The van der Waals surface area contributed by atoms with Gasteiger partial charge in [0.2, 0.25) is 0 Å². The molecular formula is C12H14FNO. The molecule has 1 aliphatic carbocycles. The molecule has 1 N–H and O–H groups in total. The van der Waals surface area contributed by atoms with Gasteiger partial charge in [-0.15, -0.1) is 0 Å². The maximum Gasteiger partial charge on any atom is 0.251 e. The van der Waals surface area contributed by atoms with Gasteiger partial charge in [-0.05, 0) is 43.9 Å². The van der Waals surface area contributed by atoms with Crippen LogP contribution in [0, 0.1) is 11.7 Å². The fourth-order valence-electron chi connectivity index (χ4n) is 1.63. The van der Waals surface area contributed by atoms with Gasteiger partial charge < -0.3 is 5.32 Å². The molecule has 0 aliphatic heterocycles. The van der Waals surface area contributed by atoms with Crippen molar-refractivity contribution in [2.24, 2.45) is 5.92 Å². The predicted molar refractivity (Wildman–Crippen MR) is 56.1 cm³/mol. The number of nitrogens with one attached hydrogen (secondary N) is 1. The topological polar surface area (TPSA) is 29.1 Å². The zero-order valence-corrected chi connectivity index (χ0v) is 8.66. The quantitative estimate of drug-likeness (QED) is 0.809. The standard InChI is InChI=1S/C12H14FNO/c1-8(9-5-6-9)14-12(15)10-3-2-4-11(13)7-10/h2-4,7-9H,5-6H2,1H3,(H,14,15)/t8-/m1/s1. The zero-order chi connectivity index (χ0) is 10.8. The third-order valence-electron chi connectivity index (χ3n) is 2.77. The number of carbonyl (C=O) groups is 1. The van der Waals surface area contributed by atoms with Gasteiger partial charge in [-0.1, -0.05) is 6.07 Å². The summed E-state index contributed by atoms with van der Waals surface area (Å²) in [6.45, 7) is 1.99. The van der Waals surface area contributed by atoms with Gasteiger partial charge in [0.05, 0.1) is 0 Å². The molecule has 2 nitrogen and oxygen atoms in total. The minimum absolute atomic E-state index is 0.186. The Labute approximate surface area is 88.5 Å². The summed E-state index contributed by atoms with van der Waals surface area (Å²) in [6.07, 6.45) is 2.37. The summed E-state index contributed by atoms with van der Waals surface area (Å²) in [5.74, 6) is 0.0538. The Morgan fingerprint density at radius 3 is 2.87 bits per heavy atom.